The zero-order valence-corrected chi connectivity index (χ0v) is 9.60. The molecule has 19 heavy (non-hydrogen) atoms. The third-order valence-electron chi connectivity index (χ3n) is 2.24. The lowest BCUT2D eigenvalue weighted by atomic mass is 10.2. The maximum absolute atomic E-state index is 11.3. The van der Waals surface area contributed by atoms with Crippen LogP contribution in [0.25, 0.3) is 11.5 Å². The fourth-order valence-electron chi connectivity index (χ4n) is 1.41. The van der Waals surface area contributed by atoms with Gasteiger partial charge in [-0.3, -0.25) is 14.9 Å². The molecule has 0 atom stereocenters. The second kappa shape index (κ2) is 4.72. The molecule has 0 saturated heterocycles. The van der Waals surface area contributed by atoms with Gasteiger partial charge in [0.2, 0.25) is 0 Å². The van der Waals surface area contributed by atoms with Gasteiger partial charge in [-0.1, -0.05) is 0 Å². The summed E-state index contributed by atoms with van der Waals surface area (Å²) >= 11 is 0. The van der Waals surface area contributed by atoms with E-state index in [1.165, 1.54) is 6.07 Å². The number of hydrogen-bond acceptors (Lipinski definition) is 7. The largest absolute Gasteiger partial charge is 0.451 e. The summed E-state index contributed by atoms with van der Waals surface area (Å²) in [7, 11) is 1.15. The van der Waals surface area contributed by atoms with E-state index in [4.69, 9.17) is 4.42 Å². The van der Waals surface area contributed by atoms with E-state index in [1.807, 2.05) is 0 Å². The Morgan fingerprint density at radius 3 is 2.84 bits per heavy atom. The zero-order valence-electron chi connectivity index (χ0n) is 9.60. The van der Waals surface area contributed by atoms with Crippen molar-refractivity contribution >= 4 is 18.3 Å². The number of furan rings is 1. The Morgan fingerprint density at radius 1 is 1.58 bits per heavy atom. The number of ether oxygens (including phenoxy) is 1. The SMILES string of the molecule is COC(=O)n1cc(C=O)c(-c2ccc([N+](=O)[O-])o2)n1. The van der Waals surface area contributed by atoms with Gasteiger partial charge in [-0.05, 0) is 6.07 Å². The van der Waals surface area contributed by atoms with Crippen LogP contribution < -0.4 is 0 Å². The molecule has 0 saturated carbocycles. The monoisotopic (exact) mass is 265 g/mol. The highest BCUT2D eigenvalue weighted by Gasteiger charge is 2.20. The van der Waals surface area contributed by atoms with Gasteiger partial charge in [0.25, 0.3) is 0 Å². The van der Waals surface area contributed by atoms with E-state index in [1.54, 1.807) is 0 Å². The van der Waals surface area contributed by atoms with Gasteiger partial charge in [-0.2, -0.15) is 9.78 Å². The summed E-state index contributed by atoms with van der Waals surface area (Å²) in [5, 5.41) is 14.3. The maximum atomic E-state index is 11.3. The summed E-state index contributed by atoms with van der Waals surface area (Å²) in [6.07, 6.45) is 0.800. The van der Waals surface area contributed by atoms with Crippen molar-refractivity contribution in [3.05, 3.63) is 34.0 Å². The van der Waals surface area contributed by atoms with Crippen LogP contribution in [0.2, 0.25) is 0 Å². The Balaban J connectivity index is 2.48. The van der Waals surface area contributed by atoms with Crippen molar-refractivity contribution in [2.24, 2.45) is 0 Å². The number of nitro groups is 1. The molecule has 0 bridgehead atoms. The van der Waals surface area contributed by atoms with Gasteiger partial charge in [0.05, 0.1) is 18.7 Å². The van der Waals surface area contributed by atoms with E-state index < -0.39 is 16.9 Å². The van der Waals surface area contributed by atoms with Gasteiger partial charge in [0.1, 0.15) is 10.6 Å². The van der Waals surface area contributed by atoms with Gasteiger partial charge >= 0.3 is 12.0 Å². The molecule has 0 fully saturated rings. The average molecular weight is 265 g/mol. The predicted octanol–water partition coefficient (Wildman–Crippen LogP) is 1.48. The third kappa shape index (κ3) is 2.20. The molecule has 0 aliphatic carbocycles. The summed E-state index contributed by atoms with van der Waals surface area (Å²) in [4.78, 5) is 31.9. The summed E-state index contributed by atoms with van der Waals surface area (Å²) in [5.41, 5.74) is 0.0724. The highest BCUT2D eigenvalue weighted by atomic mass is 16.6. The molecule has 2 rings (SSSR count). The molecule has 2 aromatic rings. The van der Waals surface area contributed by atoms with Crippen LogP contribution in [-0.2, 0) is 4.74 Å². The van der Waals surface area contributed by atoms with E-state index in [9.17, 15) is 19.7 Å². The molecule has 0 aliphatic heterocycles. The smallest absolute Gasteiger partial charge is 0.434 e. The average Bonchev–Trinajstić information content (AvgIpc) is 3.03. The second-order valence-electron chi connectivity index (χ2n) is 3.36. The molecule has 0 N–H and O–H groups in total. The van der Waals surface area contributed by atoms with Crippen molar-refractivity contribution in [2.45, 2.75) is 0 Å². The molecular weight excluding hydrogens is 258 g/mol. The molecule has 9 heteroatoms. The number of carbonyl (C=O) groups excluding carboxylic acids is 2. The van der Waals surface area contributed by atoms with Gasteiger partial charge in [-0.25, -0.2) is 4.79 Å². The van der Waals surface area contributed by atoms with Crippen LogP contribution in [0.3, 0.4) is 0 Å². The summed E-state index contributed by atoms with van der Waals surface area (Å²) in [6.45, 7) is 0. The Bertz CT molecular complexity index is 656. The van der Waals surface area contributed by atoms with Crippen molar-refractivity contribution in [3.8, 4) is 11.5 Å². The summed E-state index contributed by atoms with van der Waals surface area (Å²) in [6, 6.07) is 2.41. The highest BCUT2D eigenvalue weighted by Crippen LogP contribution is 2.26. The lowest BCUT2D eigenvalue weighted by Gasteiger charge is -1.95. The molecule has 0 radical (unpaired) electrons. The van der Waals surface area contributed by atoms with Crippen LogP contribution in [0, 0.1) is 10.1 Å². The maximum Gasteiger partial charge on any atom is 0.434 e. The number of methoxy groups -OCH3 is 1. The van der Waals surface area contributed by atoms with Crippen molar-refractivity contribution in [2.75, 3.05) is 7.11 Å². The standard InChI is InChI=1S/C10H7N3O6/c1-18-10(15)12-4-6(5-14)9(11-12)7-2-3-8(19-7)13(16)17/h2-5H,1H3. The molecule has 0 aliphatic rings. The van der Waals surface area contributed by atoms with E-state index in [0.717, 1.165) is 24.1 Å². The molecule has 98 valence electrons. The van der Waals surface area contributed by atoms with Crippen LogP contribution >= 0.6 is 0 Å². The summed E-state index contributed by atoms with van der Waals surface area (Å²) < 4.78 is 10.1. The summed E-state index contributed by atoms with van der Waals surface area (Å²) in [5.74, 6) is -0.476. The lowest BCUT2D eigenvalue weighted by Crippen LogP contribution is -2.11. The first-order valence-electron chi connectivity index (χ1n) is 4.94. The molecule has 0 aromatic carbocycles. The molecule has 0 unspecified atom stereocenters. The molecule has 0 spiro atoms. The van der Waals surface area contributed by atoms with Crippen LogP contribution in [0.1, 0.15) is 10.4 Å². The molecule has 9 nitrogen and oxygen atoms in total. The molecule has 2 heterocycles. The highest BCUT2D eigenvalue weighted by molar-refractivity contribution is 5.86. The first kappa shape index (κ1) is 12.5. The minimum atomic E-state index is -0.796. The van der Waals surface area contributed by atoms with E-state index in [-0.39, 0.29) is 17.0 Å². The fourth-order valence-corrected chi connectivity index (χ4v) is 1.41. The Labute approximate surface area is 105 Å². The zero-order chi connectivity index (χ0) is 14.0. The quantitative estimate of drug-likeness (QED) is 0.468. The molecule has 2 aromatic heterocycles. The van der Waals surface area contributed by atoms with E-state index in [2.05, 4.69) is 9.84 Å². The first-order valence-corrected chi connectivity index (χ1v) is 4.94. The number of rotatable bonds is 3. The van der Waals surface area contributed by atoms with Crippen LogP contribution in [0.5, 0.6) is 0 Å². The van der Waals surface area contributed by atoms with E-state index in [0.29, 0.717) is 6.29 Å². The minimum absolute atomic E-state index is 0.0106. The molecular formula is C10H7N3O6. The number of aromatic nitrogens is 2. The lowest BCUT2D eigenvalue weighted by molar-refractivity contribution is -0.401. The normalized spacial score (nSPS) is 10.2. The Kier molecular flexibility index (Phi) is 3.10. The van der Waals surface area contributed by atoms with Crippen LogP contribution in [0.4, 0.5) is 10.7 Å². The van der Waals surface area contributed by atoms with Crippen LogP contribution in [-0.4, -0.2) is 34.2 Å². The Hall–Kier alpha value is -2.97. The second-order valence-corrected chi connectivity index (χ2v) is 3.36. The Morgan fingerprint density at radius 2 is 2.32 bits per heavy atom. The number of nitrogens with zero attached hydrogens (tertiary/aromatic N) is 3. The van der Waals surface area contributed by atoms with Crippen molar-refractivity contribution in [3.63, 3.8) is 0 Å². The van der Waals surface area contributed by atoms with Gasteiger partial charge in [0.15, 0.2) is 12.0 Å². The van der Waals surface area contributed by atoms with E-state index >= 15 is 0 Å². The number of hydrogen-bond donors (Lipinski definition) is 0. The molecule has 0 amide bonds. The van der Waals surface area contributed by atoms with Gasteiger partial charge in [-0.15, -0.1) is 0 Å². The third-order valence-corrected chi connectivity index (χ3v) is 2.24. The fraction of sp³-hybridized carbons (Fsp3) is 0.100. The van der Waals surface area contributed by atoms with Crippen molar-refractivity contribution in [1.29, 1.82) is 0 Å². The number of aldehydes is 1. The van der Waals surface area contributed by atoms with Crippen molar-refractivity contribution < 1.29 is 23.7 Å². The van der Waals surface area contributed by atoms with Crippen LogP contribution in [0.15, 0.2) is 22.7 Å². The first-order chi connectivity index (χ1) is 9.06. The van der Waals surface area contributed by atoms with Gasteiger partial charge < -0.3 is 9.15 Å². The minimum Gasteiger partial charge on any atom is -0.451 e. The van der Waals surface area contributed by atoms with Crippen molar-refractivity contribution in [1.82, 2.24) is 9.78 Å². The topological polar surface area (TPSA) is 117 Å². The predicted molar refractivity (Wildman–Crippen MR) is 59.8 cm³/mol. The number of carbonyl (C=O) groups is 2. The van der Waals surface area contributed by atoms with Gasteiger partial charge in [0, 0.05) is 6.20 Å².